The van der Waals surface area contributed by atoms with E-state index in [1.807, 2.05) is 23.8 Å². The van der Waals surface area contributed by atoms with Crippen molar-refractivity contribution in [1.82, 2.24) is 5.43 Å². The maximum Gasteiger partial charge on any atom is 0.114 e. The molecule has 0 saturated carbocycles. The number of hydrogen-bond donors (Lipinski definition) is 1. The first-order chi connectivity index (χ1) is 8.70. The molecule has 18 heavy (non-hydrogen) atoms. The van der Waals surface area contributed by atoms with Crippen molar-refractivity contribution >= 4 is 28.9 Å². The summed E-state index contributed by atoms with van der Waals surface area (Å²) in [5, 5.41) is 5.01. The van der Waals surface area contributed by atoms with Gasteiger partial charge in [0.2, 0.25) is 0 Å². The standard InChI is InChI=1S/C13H13ClN2OS/c1-13(11-3-2-6-17-11)5-4-9(14)7-10(13)12-16-15-8-18-12/h2-8,10,12,16H,1H3. The SMILES string of the molecule is CC1(c2ccco2)C=CC(Cl)=CC1C1NN=CS1. The average Bonchev–Trinajstić information content (AvgIpc) is 3.03. The van der Waals surface area contributed by atoms with Crippen LogP contribution in [0, 0.1) is 5.92 Å². The number of allylic oxidation sites excluding steroid dienone is 3. The summed E-state index contributed by atoms with van der Waals surface area (Å²) in [5.74, 6) is 1.13. The lowest BCUT2D eigenvalue weighted by atomic mass is 9.72. The molecule has 0 fully saturated rings. The lowest BCUT2D eigenvalue weighted by molar-refractivity contribution is 0.320. The monoisotopic (exact) mass is 280 g/mol. The predicted octanol–water partition coefficient (Wildman–Crippen LogP) is 3.45. The fourth-order valence-electron chi connectivity index (χ4n) is 2.39. The van der Waals surface area contributed by atoms with E-state index in [4.69, 9.17) is 16.0 Å². The highest BCUT2D eigenvalue weighted by Crippen LogP contribution is 2.43. The van der Waals surface area contributed by atoms with Gasteiger partial charge in [0.25, 0.3) is 0 Å². The van der Waals surface area contributed by atoms with E-state index in [1.54, 1.807) is 18.0 Å². The van der Waals surface area contributed by atoms with Crippen LogP contribution in [0.3, 0.4) is 0 Å². The fraction of sp³-hybridized carbons (Fsp3) is 0.308. The zero-order chi connectivity index (χ0) is 12.6. The van der Waals surface area contributed by atoms with Crippen molar-refractivity contribution in [2.75, 3.05) is 0 Å². The van der Waals surface area contributed by atoms with Gasteiger partial charge in [-0.2, -0.15) is 5.10 Å². The Kier molecular flexibility index (Phi) is 2.99. The number of halogens is 1. The third kappa shape index (κ3) is 1.89. The Bertz CT molecular complexity index is 515. The summed E-state index contributed by atoms with van der Waals surface area (Å²) in [5.41, 5.74) is 4.74. The van der Waals surface area contributed by atoms with Gasteiger partial charge in [-0.3, -0.25) is 5.43 Å². The molecule has 3 nitrogen and oxygen atoms in total. The Labute approximate surface area is 115 Å². The molecule has 3 atom stereocenters. The first kappa shape index (κ1) is 11.9. The van der Waals surface area contributed by atoms with Crippen LogP contribution in [0.25, 0.3) is 0 Å². The number of rotatable bonds is 2. The molecule has 1 aromatic rings. The summed E-state index contributed by atoms with van der Waals surface area (Å²) in [6.45, 7) is 2.16. The van der Waals surface area contributed by atoms with E-state index >= 15 is 0 Å². The molecular weight excluding hydrogens is 268 g/mol. The van der Waals surface area contributed by atoms with Gasteiger partial charge in [-0.25, -0.2) is 0 Å². The highest BCUT2D eigenvalue weighted by Gasteiger charge is 2.42. The van der Waals surface area contributed by atoms with Gasteiger partial charge in [0.15, 0.2) is 0 Å². The zero-order valence-electron chi connectivity index (χ0n) is 9.84. The molecule has 0 spiro atoms. The number of furan rings is 1. The third-order valence-electron chi connectivity index (χ3n) is 3.46. The molecule has 1 aromatic heterocycles. The van der Waals surface area contributed by atoms with Gasteiger partial charge >= 0.3 is 0 Å². The number of thioether (sulfide) groups is 1. The van der Waals surface area contributed by atoms with Crippen molar-refractivity contribution in [3.05, 3.63) is 47.4 Å². The van der Waals surface area contributed by atoms with Crippen molar-refractivity contribution in [3.8, 4) is 0 Å². The zero-order valence-corrected chi connectivity index (χ0v) is 11.4. The van der Waals surface area contributed by atoms with Crippen LogP contribution in [0.5, 0.6) is 0 Å². The molecule has 2 heterocycles. The van der Waals surface area contributed by atoms with E-state index in [0.717, 1.165) is 10.8 Å². The lowest BCUT2D eigenvalue weighted by Crippen LogP contribution is -2.40. The Balaban J connectivity index is 1.99. The Morgan fingerprint density at radius 2 is 2.44 bits per heavy atom. The third-order valence-corrected chi connectivity index (χ3v) is 4.63. The number of hydrogen-bond acceptors (Lipinski definition) is 4. The van der Waals surface area contributed by atoms with Crippen LogP contribution in [0.4, 0.5) is 0 Å². The Morgan fingerprint density at radius 3 is 3.11 bits per heavy atom. The van der Waals surface area contributed by atoms with Gasteiger partial charge in [0.1, 0.15) is 11.1 Å². The molecule has 5 heteroatoms. The molecule has 2 aliphatic rings. The minimum absolute atomic E-state index is 0.179. The van der Waals surface area contributed by atoms with Crippen molar-refractivity contribution in [1.29, 1.82) is 0 Å². The quantitative estimate of drug-likeness (QED) is 0.902. The van der Waals surface area contributed by atoms with Crippen molar-refractivity contribution < 1.29 is 4.42 Å². The number of nitrogens with zero attached hydrogens (tertiary/aromatic N) is 1. The summed E-state index contributed by atoms with van der Waals surface area (Å²) in [4.78, 5) is 0. The predicted molar refractivity (Wildman–Crippen MR) is 75.6 cm³/mol. The maximum absolute atomic E-state index is 6.14. The van der Waals surface area contributed by atoms with E-state index in [9.17, 15) is 0 Å². The molecule has 0 saturated heterocycles. The molecule has 0 amide bonds. The molecule has 0 radical (unpaired) electrons. The molecule has 1 aliphatic heterocycles. The summed E-state index contributed by atoms with van der Waals surface area (Å²) in [6, 6.07) is 3.92. The van der Waals surface area contributed by atoms with Crippen molar-refractivity contribution in [3.63, 3.8) is 0 Å². The summed E-state index contributed by atoms with van der Waals surface area (Å²) in [7, 11) is 0. The van der Waals surface area contributed by atoms with E-state index in [2.05, 4.69) is 29.6 Å². The second-order valence-electron chi connectivity index (χ2n) is 4.59. The van der Waals surface area contributed by atoms with Crippen LogP contribution < -0.4 is 5.43 Å². The number of nitrogens with one attached hydrogen (secondary N) is 1. The average molecular weight is 281 g/mol. The smallest absolute Gasteiger partial charge is 0.114 e. The van der Waals surface area contributed by atoms with Crippen LogP contribution in [0.15, 0.2) is 51.2 Å². The normalized spacial score (nSPS) is 34.4. The maximum atomic E-state index is 6.14. The molecule has 0 aromatic carbocycles. The van der Waals surface area contributed by atoms with Crippen LogP contribution >= 0.6 is 23.4 Å². The first-order valence-corrected chi connectivity index (χ1v) is 7.05. The van der Waals surface area contributed by atoms with E-state index in [1.165, 1.54) is 0 Å². The summed E-state index contributed by atoms with van der Waals surface area (Å²) < 4.78 is 5.60. The fourth-order valence-corrected chi connectivity index (χ4v) is 3.50. The van der Waals surface area contributed by atoms with E-state index in [-0.39, 0.29) is 16.7 Å². The molecule has 3 unspecified atom stereocenters. The van der Waals surface area contributed by atoms with Gasteiger partial charge in [-0.15, -0.1) is 0 Å². The van der Waals surface area contributed by atoms with Crippen LogP contribution in [-0.4, -0.2) is 10.9 Å². The summed E-state index contributed by atoms with van der Waals surface area (Å²) >= 11 is 7.81. The van der Waals surface area contributed by atoms with E-state index < -0.39 is 0 Å². The summed E-state index contributed by atoms with van der Waals surface area (Å²) in [6.07, 6.45) is 7.82. The van der Waals surface area contributed by atoms with Crippen LogP contribution in [0.2, 0.25) is 0 Å². The largest absolute Gasteiger partial charge is 0.468 e. The molecule has 1 aliphatic carbocycles. The lowest BCUT2D eigenvalue weighted by Gasteiger charge is -2.36. The van der Waals surface area contributed by atoms with Gasteiger partial charge in [0, 0.05) is 11.0 Å². The highest BCUT2D eigenvalue weighted by atomic mass is 35.5. The van der Waals surface area contributed by atoms with Crippen LogP contribution in [0.1, 0.15) is 12.7 Å². The Morgan fingerprint density at radius 1 is 1.56 bits per heavy atom. The van der Waals surface area contributed by atoms with Crippen molar-refractivity contribution in [2.45, 2.75) is 17.7 Å². The van der Waals surface area contributed by atoms with Gasteiger partial charge in [-0.05, 0) is 25.1 Å². The molecule has 3 rings (SSSR count). The minimum atomic E-state index is -0.208. The van der Waals surface area contributed by atoms with Crippen LogP contribution in [-0.2, 0) is 5.41 Å². The highest BCUT2D eigenvalue weighted by molar-refractivity contribution is 8.12. The number of hydrazone groups is 1. The Hall–Kier alpha value is -1.13. The minimum Gasteiger partial charge on any atom is -0.468 e. The van der Waals surface area contributed by atoms with Gasteiger partial charge in [-0.1, -0.05) is 35.5 Å². The van der Waals surface area contributed by atoms with Gasteiger partial charge < -0.3 is 4.42 Å². The van der Waals surface area contributed by atoms with E-state index in [0.29, 0.717) is 0 Å². The molecular formula is C13H13ClN2OS. The second kappa shape index (κ2) is 4.52. The topological polar surface area (TPSA) is 37.5 Å². The second-order valence-corrected chi connectivity index (χ2v) is 6.02. The van der Waals surface area contributed by atoms with Gasteiger partial charge in [0.05, 0.1) is 17.2 Å². The molecule has 0 bridgehead atoms. The molecule has 1 N–H and O–H groups in total. The molecule has 94 valence electrons. The first-order valence-electron chi connectivity index (χ1n) is 5.73. The van der Waals surface area contributed by atoms with Crippen molar-refractivity contribution in [2.24, 2.45) is 11.0 Å².